The molecule has 1 aromatic rings. The van der Waals surface area contributed by atoms with Crippen LogP contribution in [0, 0.1) is 0 Å². The summed E-state index contributed by atoms with van der Waals surface area (Å²) in [6, 6.07) is 5.73. The molecule has 0 heterocycles. The molecule has 14 heavy (non-hydrogen) atoms. The molecule has 1 aromatic carbocycles. The normalized spacial score (nSPS) is 10.7. The van der Waals surface area contributed by atoms with Crippen LogP contribution in [0.25, 0.3) is 6.08 Å². The Balaban J connectivity index is 2.79. The number of allylic oxidation sites excluding steroid dienone is 1. The molecule has 2 nitrogen and oxygen atoms in total. The topological polar surface area (TPSA) is 35.2 Å². The number of methoxy groups -OCH3 is 1. The molecule has 0 unspecified atom stereocenters. The van der Waals surface area contributed by atoms with Gasteiger partial charge in [0.1, 0.15) is 5.75 Å². The first-order valence-corrected chi connectivity index (χ1v) is 5.12. The zero-order valence-corrected chi connectivity index (χ0v) is 9.13. The van der Waals surface area contributed by atoms with E-state index in [4.69, 9.17) is 10.5 Å². The summed E-state index contributed by atoms with van der Waals surface area (Å²) in [4.78, 5) is 0. The number of thiol groups is 1. The molecule has 0 atom stereocenters. The second-order valence-corrected chi connectivity index (χ2v) is 3.36. The van der Waals surface area contributed by atoms with Crippen LogP contribution in [0.1, 0.15) is 12.0 Å². The lowest BCUT2D eigenvalue weighted by Gasteiger charge is -2.04. The molecule has 3 heteroatoms. The van der Waals surface area contributed by atoms with E-state index >= 15 is 0 Å². The number of benzene rings is 1. The number of hydrogen-bond acceptors (Lipinski definition) is 3. The minimum absolute atomic E-state index is 0.666. The Morgan fingerprint density at radius 3 is 2.93 bits per heavy atom. The fourth-order valence-electron chi connectivity index (χ4n) is 1.13. The number of hydrogen-bond donors (Lipinski definition) is 2. The van der Waals surface area contributed by atoms with Gasteiger partial charge in [0.25, 0.3) is 0 Å². The standard InChI is InChI=1S/C11H15NOS/c1-13-11-8-9(4-2-3-7-14)5-6-10(11)12/h2,4-6,8,14H,3,7,12H2,1H3. The maximum Gasteiger partial charge on any atom is 0.142 e. The Kier molecular flexibility index (Phi) is 4.40. The van der Waals surface area contributed by atoms with E-state index in [1.54, 1.807) is 7.11 Å². The van der Waals surface area contributed by atoms with Crippen molar-refractivity contribution in [3.8, 4) is 5.75 Å². The molecule has 0 saturated carbocycles. The molecule has 0 amide bonds. The average molecular weight is 209 g/mol. The highest BCUT2D eigenvalue weighted by molar-refractivity contribution is 7.80. The van der Waals surface area contributed by atoms with Crippen LogP contribution in [0.5, 0.6) is 5.75 Å². The zero-order valence-electron chi connectivity index (χ0n) is 8.23. The summed E-state index contributed by atoms with van der Waals surface area (Å²) >= 11 is 4.13. The van der Waals surface area contributed by atoms with Gasteiger partial charge < -0.3 is 10.5 Å². The molecule has 2 N–H and O–H groups in total. The van der Waals surface area contributed by atoms with E-state index in [0.29, 0.717) is 5.69 Å². The fourth-order valence-corrected chi connectivity index (χ4v) is 1.27. The first-order valence-electron chi connectivity index (χ1n) is 4.49. The molecule has 0 bridgehead atoms. The van der Waals surface area contributed by atoms with Crippen molar-refractivity contribution in [2.24, 2.45) is 0 Å². The minimum atomic E-state index is 0.666. The predicted octanol–water partition coefficient (Wildman–Crippen LogP) is 2.61. The third kappa shape index (κ3) is 3.00. The maximum absolute atomic E-state index is 5.69. The van der Waals surface area contributed by atoms with E-state index in [1.165, 1.54) is 0 Å². The van der Waals surface area contributed by atoms with E-state index in [1.807, 2.05) is 24.3 Å². The van der Waals surface area contributed by atoms with E-state index in [-0.39, 0.29) is 0 Å². The lowest BCUT2D eigenvalue weighted by atomic mass is 10.1. The molecule has 0 aliphatic heterocycles. The van der Waals surface area contributed by atoms with Gasteiger partial charge in [-0.1, -0.05) is 18.2 Å². The minimum Gasteiger partial charge on any atom is -0.495 e. The van der Waals surface area contributed by atoms with Crippen LogP contribution < -0.4 is 10.5 Å². The van der Waals surface area contributed by atoms with Crippen molar-refractivity contribution in [1.82, 2.24) is 0 Å². The molecule has 0 fully saturated rings. The average Bonchev–Trinajstić information content (AvgIpc) is 2.21. The molecular weight excluding hydrogens is 194 g/mol. The van der Waals surface area contributed by atoms with Gasteiger partial charge in [-0.3, -0.25) is 0 Å². The summed E-state index contributed by atoms with van der Waals surface area (Å²) in [6.45, 7) is 0. The second-order valence-electron chi connectivity index (χ2n) is 2.92. The van der Waals surface area contributed by atoms with Gasteiger partial charge in [-0.2, -0.15) is 12.6 Å². The van der Waals surface area contributed by atoms with Gasteiger partial charge in [-0.05, 0) is 29.9 Å². The van der Waals surface area contributed by atoms with Crippen molar-refractivity contribution in [2.75, 3.05) is 18.6 Å². The third-order valence-electron chi connectivity index (χ3n) is 1.86. The van der Waals surface area contributed by atoms with E-state index < -0.39 is 0 Å². The van der Waals surface area contributed by atoms with Crippen molar-refractivity contribution >= 4 is 24.4 Å². The number of anilines is 1. The summed E-state index contributed by atoms with van der Waals surface area (Å²) in [5, 5.41) is 0. The van der Waals surface area contributed by atoms with Crippen LogP contribution in [0.3, 0.4) is 0 Å². The molecule has 0 aromatic heterocycles. The van der Waals surface area contributed by atoms with Crippen LogP contribution in [-0.2, 0) is 0 Å². The largest absolute Gasteiger partial charge is 0.495 e. The quantitative estimate of drug-likeness (QED) is 0.590. The zero-order chi connectivity index (χ0) is 10.4. The summed E-state index contributed by atoms with van der Waals surface area (Å²) in [7, 11) is 1.62. The summed E-state index contributed by atoms with van der Waals surface area (Å²) < 4.78 is 5.12. The van der Waals surface area contributed by atoms with Gasteiger partial charge in [-0.25, -0.2) is 0 Å². The van der Waals surface area contributed by atoms with E-state index in [2.05, 4.69) is 18.7 Å². The molecule has 0 radical (unpaired) electrons. The first-order chi connectivity index (χ1) is 6.77. The monoisotopic (exact) mass is 209 g/mol. The molecule has 0 saturated heterocycles. The van der Waals surface area contributed by atoms with Gasteiger partial charge in [0, 0.05) is 0 Å². The number of nitrogens with two attached hydrogens (primary N) is 1. The van der Waals surface area contributed by atoms with Crippen molar-refractivity contribution in [1.29, 1.82) is 0 Å². The fraction of sp³-hybridized carbons (Fsp3) is 0.273. The molecule has 1 rings (SSSR count). The van der Waals surface area contributed by atoms with Crippen LogP contribution >= 0.6 is 12.6 Å². The van der Waals surface area contributed by atoms with E-state index in [9.17, 15) is 0 Å². The van der Waals surface area contributed by atoms with Gasteiger partial charge >= 0.3 is 0 Å². The molecule has 0 spiro atoms. The van der Waals surface area contributed by atoms with Crippen molar-refractivity contribution in [3.05, 3.63) is 29.8 Å². The van der Waals surface area contributed by atoms with Crippen molar-refractivity contribution < 1.29 is 4.74 Å². The van der Waals surface area contributed by atoms with Crippen LogP contribution in [-0.4, -0.2) is 12.9 Å². The van der Waals surface area contributed by atoms with Gasteiger partial charge in [0.2, 0.25) is 0 Å². The number of nitrogen functional groups attached to an aromatic ring is 1. The summed E-state index contributed by atoms with van der Waals surface area (Å²) in [5.74, 6) is 1.58. The highest BCUT2D eigenvalue weighted by Gasteiger charge is 1.97. The Labute approximate surface area is 90.2 Å². The Bertz CT molecular complexity index is 323. The third-order valence-corrected chi connectivity index (χ3v) is 2.12. The molecule has 0 aliphatic rings. The smallest absolute Gasteiger partial charge is 0.142 e. The molecule has 0 aliphatic carbocycles. The van der Waals surface area contributed by atoms with Crippen molar-refractivity contribution in [3.63, 3.8) is 0 Å². The highest BCUT2D eigenvalue weighted by Crippen LogP contribution is 2.22. The predicted molar refractivity (Wildman–Crippen MR) is 64.9 cm³/mol. The lowest BCUT2D eigenvalue weighted by Crippen LogP contribution is -1.91. The van der Waals surface area contributed by atoms with Gasteiger partial charge in [0.15, 0.2) is 0 Å². The highest BCUT2D eigenvalue weighted by atomic mass is 32.1. The SMILES string of the molecule is COc1cc(C=CCCS)ccc1N. The first kappa shape index (κ1) is 11.0. The van der Waals surface area contributed by atoms with Crippen LogP contribution in [0.15, 0.2) is 24.3 Å². The van der Waals surface area contributed by atoms with Crippen LogP contribution in [0.2, 0.25) is 0 Å². The van der Waals surface area contributed by atoms with Crippen LogP contribution in [0.4, 0.5) is 5.69 Å². The molecular formula is C11H15NOS. The second kappa shape index (κ2) is 5.60. The van der Waals surface area contributed by atoms with Gasteiger partial charge in [-0.15, -0.1) is 0 Å². The van der Waals surface area contributed by atoms with Crippen molar-refractivity contribution in [2.45, 2.75) is 6.42 Å². The Hall–Kier alpha value is -1.09. The summed E-state index contributed by atoms with van der Waals surface area (Å²) in [6.07, 6.45) is 5.09. The van der Waals surface area contributed by atoms with Gasteiger partial charge in [0.05, 0.1) is 12.8 Å². The molecule has 76 valence electrons. The summed E-state index contributed by atoms with van der Waals surface area (Å²) in [5.41, 5.74) is 7.45. The number of ether oxygens (including phenoxy) is 1. The lowest BCUT2D eigenvalue weighted by molar-refractivity contribution is 0.417. The Morgan fingerprint density at radius 1 is 1.50 bits per heavy atom. The van der Waals surface area contributed by atoms with E-state index in [0.717, 1.165) is 23.5 Å². The Morgan fingerprint density at radius 2 is 2.29 bits per heavy atom. The maximum atomic E-state index is 5.69. The number of rotatable bonds is 4.